The molecule has 0 aliphatic carbocycles. The summed E-state index contributed by atoms with van der Waals surface area (Å²) in [6, 6.07) is 10.7. The minimum atomic E-state index is 0.879. The number of benzene rings is 1. The van der Waals surface area contributed by atoms with Crippen LogP contribution in [0.2, 0.25) is 0 Å². The van der Waals surface area contributed by atoms with Gasteiger partial charge in [0.05, 0.1) is 0 Å². The van der Waals surface area contributed by atoms with E-state index in [1.807, 2.05) is 0 Å². The fraction of sp³-hybridized carbons (Fsp3) is 0.231. The average molecular weight is 232 g/mol. The lowest BCUT2D eigenvalue weighted by atomic mass is 10.2. The number of hydrogen-bond acceptors (Lipinski definition) is 3. The van der Waals surface area contributed by atoms with Gasteiger partial charge < -0.3 is 10.2 Å². The summed E-state index contributed by atoms with van der Waals surface area (Å²) in [5.74, 6) is 0. The molecule has 0 saturated carbocycles. The molecule has 2 rings (SSSR count). The van der Waals surface area contributed by atoms with E-state index in [0.717, 1.165) is 6.54 Å². The first-order valence-electron chi connectivity index (χ1n) is 5.28. The molecule has 1 aromatic carbocycles. The van der Waals surface area contributed by atoms with Crippen molar-refractivity contribution < 1.29 is 0 Å². The van der Waals surface area contributed by atoms with Gasteiger partial charge in [-0.2, -0.15) is 11.3 Å². The second kappa shape index (κ2) is 5.03. The van der Waals surface area contributed by atoms with Gasteiger partial charge in [0.1, 0.15) is 0 Å². The van der Waals surface area contributed by atoms with Gasteiger partial charge in [-0.3, -0.25) is 0 Å². The Balaban J connectivity index is 1.95. The zero-order chi connectivity index (χ0) is 11.4. The van der Waals surface area contributed by atoms with Crippen molar-refractivity contribution in [2.24, 2.45) is 0 Å². The van der Waals surface area contributed by atoms with Crippen LogP contribution < -0.4 is 10.2 Å². The molecule has 0 fully saturated rings. The smallest absolute Gasteiger partial charge is 0.0451 e. The third-order valence-corrected chi connectivity index (χ3v) is 3.15. The fourth-order valence-electron chi connectivity index (χ4n) is 1.48. The minimum absolute atomic E-state index is 0.879. The van der Waals surface area contributed by atoms with E-state index in [1.54, 1.807) is 11.3 Å². The maximum absolute atomic E-state index is 3.39. The Morgan fingerprint density at radius 3 is 2.44 bits per heavy atom. The molecule has 16 heavy (non-hydrogen) atoms. The van der Waals surface area contributed by atoms with Crippen LogP contribution >= 0.6 is 11.3 Å². The topological polar surface area (TPSA) is 15.3 Å². The standard InChI is InChI=1S/C13H16N2S/c1-15(2)13-5-3-11(4-6-13)9-14-12-7-8-16-10-12/h3-8,10,14H,9H2,1-2H3. The quantitative estimate of drug-likeness (QED) is 0.869. The summed E-state index contributed by atoms with van der Waals surface area (Å²) in [4.78, 5) is 2.11. The van der Waals surface area contributed by atoms with Crippen molar-refractivity contribution in [1.82, 2.24) is 0 Å². The Kier molecular flexibility index (Phi) is 3.47. The molecule has 2 nitrogen and oxygen atoms in total. The Morgan fingerprint density at radius 1 is 1.12 bits per heavy atom. The summed E-state index contributed by atoms with van der Waals surface area (Å²) >= 11 is 1.71. The zero-order valence-electron chi connectivity index (χ0n) is 9.60. The second-order valence-electron chi connectivity index (χ2n) is 3.93. The van der Waals surface area contributed by atoms with Gasteiger partial charge in [-0.1, -0.05) is 12.1 Å². The van der Waals surface area contributed by atoms with Crippen LogP contribution in [0.3, 0.4) is 0 Å². The minimum Gasteiger partial charge on any atom is -0.380 e. The van der Waals surface area contributed by atoms with Crippen LogP contribution in [-0.2, 0) is 6.54 Å². The van der Waals surface area contributed by atoms with E-state index in [-0.39, 0.29) is 0 Å². The molecule has 0 amide bonds. The highest BCUT2D eigenvalue weighted by atomic mass is 32.1. The summed E-state index contributed by atoms with van der Waals surface area (Å²) in [6.07, 6.45) is 0. The summed E-state index contributed by atoms with van der Waals surface area (Å²) in [7, 11) is 4.11. The number of nitrogens with zero attached hydrogens (tertiary/aromatic N) is 1. The molecular formula is C13H16N2S. The van der Waals surface area contributed by atoms with E-state index in [0.29, 0.717) is 0 Å². The van der Waals surface area contributed by atoms with E-state index in [9.17, 15) is 0 Å². The monoisotopic (exact) mass is 232 g/mol. The molecule has 84 valence electrons. The van der Waals surface area contributed by atoms with Crippen molar-refractivity contribution in [3.63, 3.8) is 0 Å². The SMILES string of the molecule is CN(C)c1ccc(CNc2ccsc2)cc1. The Morgan fingerprint density at radius 2 is 1.88 bits per heavy atom. The maximum Gasteiger partial charge on any atom is 0.0451 e. The van der Waals surface area contributed by atoms with E-state index < -0.39 is 0 Å². The van der Waals surface area contributed by atoms with Crippen molar-refractivity contribution in [2.45, 2.75) is 6.54 Å². The molecule has 2 aromatic rings. The average Bonchev–Trinajstić information content (AvgIpc) is 2.80. The number of hydrogen-bond donors (Lipinski definition) is 1. The van der Waals surface area contributed by atoms with Crippen LogP contribution in [0.15, 0.2) is 41.1 Å². The Labute approximate surface area is 101 Å². The third kappa shape index (κ3) is 2.76. The Bertz CT molecular complexity index is 418. The largest absolute Gasteiger partial charge is 0.380 e. The van der Waals surface area contributed by atoms with Crippen LogP contribution in [0, 0.1) is 0 Å². The van der Waals surface area contributed by atoms with Gasteiger partial charge >= 0.3 is 0 Å². The number of nitrogens with one attached hydrogen (secondary N) is 1. The van der Waals surface area contributed by atoms with Crippen LogP contribution in [0.25, 0.3) is 0 Å². The van der Waals surface area contributed by atoms with Crippen molar-refractivity contribution >= 4 is 22.7 Å². The molecule has 0 saturated heterocycles. The van der Waals surface area contributed by atoms with E-state index in [2.05, 4.69) is 65.4 Å². The normalized spacial score (nSPS) is 10.1. The lowest BCUT2D eigenvalue weighted by molar-refractivity contribution is 1.11. The number of rotatable bonds is 4. The van der Waals surface area contributed by atoms with Crippen LogP contribution in [-0.4, -0.2) is 14.1 Å². The van der Waals surface area contributed by atoms with E-state index >= 15 is 0 Å². The first-order chi connectivity index (χ1) is 7.75. The first-order valence-corrected chi connectivity index (χ1v) is 6.22. The third-order valence-electron chi connectivity index (χ3n) is 2.47. The van der Waals surface area contributed by atoms with Gasteiger partial charge in [0, 0.05) is 37.4 Å². The van der Waals surface area contributed by atoms with Crippen LogP contribution in [0.1, 0.15) is 5.56 Å². The predicted octanol–water partition coefficient (Wildman–Crippen LogP) is 3.43. The van der Waals surface area contributed by atoms with Gasteiger partial charge in [-0.25, -0.2) is 0 Å². The summed E-state index contributed by atoms with van der Waals surface area (Å²) < 4.78 is 0. The highest BCUT2D eigenvalue weighted by Gasteiger charge is 1.96. The second-order valence-corrected chi connectivity index (χ2v) is 4.71. The molecule has 1 N–H and O–H groups in total. The number of anilines is 2. The molecule has 0 bridgehead atoms. The Hall–Kier alpha value is -1.48. The molecule has 0 spiro atoms. The fourth-order valence-corrected chi connectivity index (χ4v) is 2.09. The molecule has 0 radical (unpaired) electrons. The molecule has 0 aliphatic heterocycles. The summed E-state index contributed by atoms with van der Waals surface area (Å²) in [6.45, 7) is 0.879. The van der Waals surface area contributed by atoms with Gasteiger partial charge in [0.2, 0.25) is 0 Å². The first kappa shape index (κ1) is 11.0. The summed E-state index contributed by atoms with van der Waals surface area (Å²) in [5.41, 5.74) is 3.73. The molecule has 3 heteroatoms. The van der Waals surface area contributed by atoms with E-state index in [1.165, 1.54) is 16.9 Å². The number of thiophene rings is 1. The molecule has 0 unspecified atom stereocenters. The van der Waals surface area contributed by atoms with E-state index in [4.69, 9.17) is 0 Å². The molecule has 1 heterocycles. The lowest BCUT2D eigenvalue weighted by Crippen LogP contribution is -2.08. The van der Waals surface area contributed by atoms with Gasteiger partial charge in [-0.05, 0) is 29.1 Å². The molecular weight excluding hydrogens is 216 g/mol. The maximum atomic E-state index is 3.39. The van der Waals surface area contributed by atoms with Crippen molar-refractivity contribution in [3.8, 4) is 0 Å². The highest BCUT2D eigenvalue weighted by Crippen LogP contribution is 2.15. The molecule has 1 aromatic heterocycles. The van der Waals surface area contributed by atoms with Crippen LogP contribution in [0.4, 0.5) is 11.4 Å². The molecule has 0 aliphatic rings. The molecule has 0 atom stereocenters. The van der Waals surface area contributed by atoms with Crippen LogP contribution in [0.5, 0.6) is 0 Å². The lowest BCUT2D eigenvalue weighted by Gasteiger charge is -2.12. The van der Waals surface area contributed by atoms with Crippen molar-refractivity contribution in [2.75, 3.05) is 24.3 Å². The predicted molar refractivity (Wildman–Crippen MR) is 72.4 cm³/mol. The van der Waals surface area contributed by atoms with Crippen molar-refractivity contribution in [3.05, 3.63) is 46.7 Å². The highest BCUT2D eigenvalue weighted by molar-refractivity contribution is 7.08. The van der Waals surface area contributed by atoms with Gasteiger partial charge in [0.15, 0.2) is 0 Å². The van der Waals surface area contributed by atoms with Gasteiger partial charge in [0.25, 0.3) is 0 Å². The van der Waals surface area contributed by atoms with Gasteiger partial charge in [-0.15, -0.1) is 0 Å². The summed E-state index contributed by atoms with van der Waals surface area (Å²) in [5, 5.41) is 7.59. The van der Waals surface area contributed by atoms with Crippen molar-refractivity contribution in [1.29, 1.82) is 0 Å². The zero-order valence-corrected chi connectivity index (χ0v) is 10.4.